The van der Waals surface area contributed by atoms with Crippen LogP contribution in [0.1, 0.15) is 6.92 Å². The largest absolute Gasteiger partial charge is 0.481 e. The van der Waals surface area contributed by atoms with E-state index in [9.17, 15) is 0 Å². The molecule has 0 unspecified atom stereocenters. The molecule has 1 aliphatic rings. The van der Waals surface area contributed by atoms with Crippen LogP contribution in [0.4, 0.5) is 5.69 Å². The molecule has 0 spiro atoms. The molecule has 2 rings (SSSR count). The van der Waals surface area contributed by atoms with Gasteiger partial charge in [0.1, 0.15) is 12.7 Å². The van der Waals surface area contributed by atoms with Crippen molar-refractivity contribution < 1.29 is 9.47 Å². The molecule has 4 heteroatoms. The monoisotopic (exact) mass is 166 g/mol. The second-order valence-corrected chi connectivity index (χ2v) is 2.81. The lowest BCUT2D eigenvalue weighted by Gasteiger charge is -2.22. The van der Waals surface area contributed by atoms with Crippen LogP contribution in [0.3, 0.4) is 0 Å². The highest BCUT2D eigenvalue weighted by Gasteiger charge is 2.17. The number of rotatable bonds is 0. The Bertz CT molecular complexity index is 301. The number of hydrogen-bond acceptors (Lipinski definition) is 4. The van der Waals surface area contributed by atoms with E-state index in [0.717, 1.165) is 0 Å². The third-order valence-corrected chi connectivity index (χ3v) is 1.62. The number of fused-ring (bicyclic) bond motifs is 1. The number of nitrogen functional groups attached to an aromatic ring is 1. The van der Waals surface area contributed by atoms with Crippen LogP contribution in [0.15, 0.2) is 12.3 Å². The summed E-state index contributed by atoms with van der Waals surface area (Å²) in [6.45, 7) is 2.48. The van der Waals surface area contributed by atoms with E-state index < -0.39 is 0 Å². The maximum absolute atomic E-state index is 5.53. The fourth-order valence-electron chi connectivity index (χ4n) is 1.09. The van der Waals surface area contributed by atoms with Crippen LogP contribution in [-0.2, 0) is 0 Å². The highest BCUT2D eigenvalue weighted by molar-refractivity contribution is 5.47. The van der Waals surface area contributed by atoms with E-state index in [4.69, 9.17) is 15.2 Å². The van der Waals surface area contributed by atoms with E-state index in [2.05, 4.69) is 4.98 Å². The Morgan fingerprint density at radius 1 is 1.67 bits per heavy atom. The topological polar surface area (TPSA) is 57.4 Å². The van der Waals surface area contributed by atoms with Gasteiger partial charge in [0.2, 0.25) is 0 Å². The fourth-order valence-corrected chi connectivity index (χ4v) is 1.09. The SMILES string of the molecule is C[C@@H]1COc2ncc(N)cc2O1. The molecule has 12 heavy (non-hydrogen) atoms. The van der Waals surface area contributed by atoms with Gasteiger partial charge in [0.25, 0.3) is 5.88 Å². The second-order valence-electron chi connectivity index (χ2n) is 2.81. The Morgan fingerprint density at radius 3 is 3.33 bits per heavy atom. The standard InChI is InChI=1S/C8H10N2O2/c1-5-4-11-8-7(12-5)2-6(9)3-10-8/h2-3,5H,4,9H2,1H3/t5-/m1/s1. The molecule has 0 saturated carbocycles. The minimum Gasteiger partial charge on any atom is -0.481 e. The average molecular weight is 166 g/mol. The van der Waals surface area contributed by atoms with Gasteiger partial charge in [-0.3, -0.25) is 0 Å². The molecular formula is C8H10N2O2. The van der Waals surface area contributed by atoms with Crippen LogP contribution in [0, 0.1) is 0 Å². The smallest absolute Gasteiger partial charge is 0.257 e. The van der Waals surface area contributed by atoms with E-state index >= 15 is 0 Å². The number of hydrogen-bond donors (Lipinski definition) is 1. The van der Waals surface area contributed by atoms with Crippen LogP contribution in [0.2, 0.25) is 0 Å². The Hall–Kier alpha value is -1.45. The first-order valence-corrected chi connectivity index (χ1v) is 3.80. The third-order valence-electron chi connectivity index (χ3n) is 1.62. The minimum atomic E-state index is 0.0705. The molecule has 2 N–H and O–H groups in total. The quantitative estimate of drug-likeness (QED) is 0.620. The lowest BCUT2D eigenvalue weighted by Crippen LogP contribution is -2.26. The predicted octanol–water partition coefficient (Wildman–Crippen LogP) is 0.824. The summed E-state index contributed by atoms with van der Waals surface area (Å²) in [5.74, 6) is 1.16. The number of pyridine rings is 1. The summed E-state index contributed by atoms with van der Waals surface area (Å²) in [5, 5.41) is 0. The highest BCUT2D eigenvalue weighted by Crippen LogP contribution is 2.30. The van der Waals surface area contributed by atoms with Crippen molar-refractivity contribution in [3.8, 4) is 11.6 Å². The number of nitrogens with zero attached hydrogens (tertiary/aromatic N) is 1. The maximum atomic E-state index is 5.53. The summed E-state index contributed by atoms with van der Waals surface area (Å²) in [6, 6.07) is 1.72. The maximum Gasteiger partial charge on any atom is 0.257 e. The van der Waals surface area contributed by atoms with Gasteiger partial charge < -0.3 is 15.2 Å². The van der Waals surface area contributed by atoms with Crippen LogP contribution in [-0.4, -0.2) is 17.7 Å². The first kappa shape index (κ1) is 7.21. The van der Waals surface area contributed by atoms with Gasteiger partial charge in [0.15, 0.2) is 5.75 Å². The molecule has 1 aliphatic heterocycles. The van der Waals surface area contributed by atoms with E-state index in [-0.39, 0.29) is 6.10 Å². The normalized spacial score (nSPS) is 20.6. The van der Waals surface area contributed by atoms with Crippen molar-refractivity contribution in [1.82, 2.24) is 4.98 Å². The summed E-state index contributed by atoms with van der Waals surface area (Å²) >= 11 is 0. The molecule has 0 aliphatic carbocycles. The van der Waals surface area contributed by atoms with Crippen LogP contribution in [0.5, 0.6) is 11.6 Å². The summed E-state index contributed by atoms with van der Waals surface area (Å²) in [6.07, 6.45) is 1.62. The molecule has 0 aromatic carbocycles. The summed E-state index contributed by atoms with van der Waals surface area (Å²) in [4.78, 5) is 3.98. The fraction of sp³-hybridized carbons (Fsp3) is 0.375. The highest BCUT2D eigenvalue weighted by atomic mass is 16.6. The van der Waals surface area contributed by atoms with Crippen molar-refractivity contribution in [2.45, 2.75) is 13.0 Å². The number of anilines is 1. The first-order valence-electron chi connectivity index (χ1n) is 3.80. The molecule has 1 aromatic rings. The van der Waals surface area contributed by atoms with Crippen molar-refractivity contribution in [2.24, 2.45) is 0 Å². The van der Waals surface area contributed by atoms with Crippen molar-refractivity contribution in [3.63, 3.8) is 0 Å². The Balaban J connectivity index is 2.37. The number of aromatic nitrogens is 1. The zero-order valence-corrected chi connectivity index (χ0v) is 6.78. The van der Waals surface area contributed by atoms with Gasteiger partial charge >= 0.3 is 0 Å². The van der Waals surface area contributed by atoms with Crippen LogP contribution >= 0.6 is 0 Å². The van der Waals surface area contributed by atoms with Crippen molar-refractivity contribution in [3.05, 3.63) is 12.3 Å². The zero-order chi connectivity index (χ0) is 8.55. The van der Waals surface area contributed by atoms with Crippen molar-refractivity contribution in [2.75, 3.05) is 12.3 Å². The molecule has 1 atom stereocenters. The van der Waals surface area contributed by atoms with Crippen molar-refractivity contribution >= 4 is 5.69 Å². The van der Waals surface area contributed by atoms with E-state index in [0.29, 0.717) is 23.9 Å². The van der Waals surface area contributed by atoms with E-state index in [1.165, 1.54) is 0 Å². The Labute approximate surface area is 70.3 Å². The van der Waals surface area contributed by atoms with Crippen LogP contribution < -0.4 is 15.2 Å². The molecule has 4 nitrogen and oxygen atoms in total. The second kappa shape index (κ2) is 2.55. The van der Waals surface area contributed by atoms with Gasteiger partial charge in [-0.25, -0.2) is 4.98 Å². The summed E-state index contributed by atoms with van der Waals surface area (Å²) in [5.41, 5.74) is 6.12. The molecule has 0 fully saturated rings. The van der Waals surface area contributed by atoms with Gasteiger partial charge in [-0.05, 0) is 6.92 Å². The molecule has 2 heterocycles. The predicted molar refractivity (Wildman–Crippen MR) is 44.2 cm³/mol. The van der Waals surface area contributed by atoms with Crippen LogP contribution in [0.25, 0.3) is 0 Å². The molecule has 0 saturated heterocycles. The number of ether oxygens (including phenoxy) is 2. The van der Waals surface area contributed by atoms with Gasteiger partial charge in [0.05, 0.1) is 11.9 Å². The van der Waals surface area contributed by atoms with Gasteiger partial charge in [-0.1, -0.05) is 0 Å². The molecule has 0 bridgehead atoms. The third kappa shape index (κ3) is 1.15. The van der Waals surface area contributed by atoms with E-state index in [1.807, 2.05) is 6.92 Å². The van der Waals surface area contributed by atoms with Gasteiger partial charge in [0, 0.05) is 6.07 Å². The minimum absolute atomic E-state index is 0.0705. The Kier molecular flexibility index (Phi) is 1.53. The van der Waals surface area contributed by atoms with Gasteiger partial charge in [-0.2, -0.15) is 0 Å². The lowest BCUT2D eigenvalue weighted by molar-refractivity contribution is 0.0990. The molecule has 64 valence electrons. The average Bonchev–Trinajstić information content (AvgIpc) is 2.03. The Morgan fingerprint density at radius 2 is 2.50 bits per heavy atom. The zero-order valence-electron chi connectivity index (χ0n) is 6.78. The molecule has 1 aromatic heterocycles. The summed E-state index contributed by atoms with van der Waals surface area (Å²) < 4.78 is 10.7. The lowest BCUT2D eigenvalue weighted by atomic mass is 10.3. The summed E-state index contributed by atoms with van der Waals surface area (Å²) in [7, 11) is 0. The van der Waals surface area contributed by atoms with Gasteiger partial charge in [-0.15, -0.1) is 0 Å². The first-order chi connectivity index (χ1) is 5.75. The van der Waals surface area contributed by atoms with E-state index in [1.54, 1.807) is 12.3 Å². The molecule has 0 amide bonds. The molecule has 0 radical (unpaired) electrons. The number of nitrogens with two attached hydrogens (primary N) is 1. The molecular weight excluding hydrogens is 156 g/mol. The van der Waals surface area contributed by atoms with Crippen molar-refractivity contribution in [1.29, 1.82) is 0 Å².